The lowest BCUT2D eigenvalue weighted by Crippen LogP contribution is -2.36. The maximum Gasteiger partial charge on any atom is 0.453 e. The highest BCUT2D eigenvalue weighted by Crippen LogP contribution is 2.50. The molecule has 3 rings (SSSR count). The second-order valence-electron chi connectivity index (χ2n) is 11.8. The van der Waals surface area contributed by atoms with Crippen LogP contribution in [0.15, 0.2) is 42.5 Å². The SMILES string of the molecule is CC(CCCCCCCCC1c2ccc(O)cc2CCC1(C)c1ccc(O)cc1)CCCC(F)(F)C(F)(F)F. The monoisotopic (exact) mass is 554 g/mol. The molecule has 0 saturated heterocycles. The largest absolute Gasteiger partial charge is 0.508 e. The fraction of sp³-hybridized carbons (Fsp3) is 0.625. The van der Waals surface area contributed by atoms with E-state index in [9.17, 15) is 32.2 Å². The number of aromatic hydroxyl groups is 2. The van der Waals surface area contributed by atoms with Gasteiger partial charge in [-0.05, 0) is 83.9 Å². The van der Waals surface area contributed by atoms with E-state index in [0.717, 1.165) is 64.2 Å². The molecule has 0 heterocycles. The molecule has 2 aromatic rings. The van der Waals surface area contributed by atoms with Crippen molar-refractivity contribution in [1.29, 1.82) is 0 Å². The highest BCUT2D eigenvalue weighted by Gasteiger charge is 2.56. The number of hydrogen-bond acceptors (Lipinski definition) is 2. The molecule has 0 spiro atoms. The van der Waals surface area contributed by atoms with Crippen molar-refractivity contribution in [2.24, 2.45) is 5.92 Å². The first-order valence-electron chi connectivity index (χ1n) is 14.4. The van der Waals surface area contributed by atoms with Crippen LogP contribution in [0.2, 0.25) is 0 Å². The van der Waals surface area contributed by atoms with Gasteiger partial charge in [0.25, 0.3) is 0 Å². The number of aryl methyl sites for hydroxylation is 1. The van der Waals surface area contributed by atoms with E-state index in [4.69, 9.17) is 0 Å². The molecule has 0 saturated carbocycles. The van der Waals surface area contributed by atoms with Crippen LogP contribution < -0.4 is 0 Å². The first kappa shape index (κ1) is 31.2. The van der Waals surface area contributed by atoms with E-state index in [1.54, 1.807) is 18.2 Å². The fourth-order valence-electron chi connectivity index (χ4n) is 6.23. The van der Waals surface area contributed by atoms with Crippen LogP contribution in [0.4, 0.5) is 22.0 Å². The number of rotatable bonds is 14. The minimum Gasteiger partial charge on any atom is -0.508 e. The van der Waals surface area contributed by atoms with Gasteiger partial charge in [-0.25, -0.2) is 0 Å². The van der Waals surface area contributed by atoms with E-state index in [0.29, 0.717) is 18.1 Å². The third kappa shape index (κ3) is 8.34. The number of unbranched alkanes of at least 4 members (excludes halogenated alkanes) is 5. The molecule has 0 amide bonds. The smallest absolute Gasteiger partial charge is 0.453 e. The Hall–Kier alpha value is -2.31. The molecule has 0 bridgehead atoms. The Kier molecular flexibility index (Phi) is 10.7. The zero-order valence-electron chi connectivity index (χ0n) is 23.2. The zero-order valence-corrected chi connectivity index (χ0v) is 23.2. The van der Waals surface area contributed by atoms with Gasteiger partial charge in [-0.3, -0.25) is 0 Å². The van der Waals surface area contributed by atoms with Crippen molar-refractivity contribution in [3.05, 3.63) is 59.2 Å². The second kappa shape index (κ2) is 13.4. The van der Waals surface area contributed by atoms with Crippen LogP contribution in [0.3, 0.4) is 0 Å². The summed E-state index contributed by atoms with van der Waals surface area (Å²) in [5.74, 6) is -3.56. The number of hydrogen-bond donors (Lipinski definition) is 2. The Bertz CT molecular complexity index is 1030. The summed E-state index contributed by atoms with van der Waals surface area (Å²) in [4.78, 5) is 0. The van der Waals surface area contributed by atoms with Crippen LogP contribution in [0.25, 0.3) is 0 Å². The number of fused-ring (bicyclic) bond motifs is 1. The van der Waals surface area contributed by atoms with Gasteiger partial charge in [0.15, 0.2) is 0 Å². The second-order valence-corrected chi connectivity index (χ2v) is 11.8. The van der Waals surface area contributed by atoms with Crippen LogP contribution in [0.5, 0.6) is 11.5 Å². The molecule has 1 aliphatic rings. The van der Waals surface area contributed by atoms with Crippen molar-refractivity contribution in [2.45, 2.75) is 121 Å². The topological polar surface area (TPSA) is 40.5 Å². The summed E-state index contributed by atoms with van der Waals surface area (Å²) < 4.78 is 62.9. The third-order valence-electron chi connectivity index (χ3n) is 8.75. The fourth-order valence-corrected chi connectivity index (χ4v) is 6.23. The van der Waals surface area contributed by atoms with Crippen LogP contribution >= 0.6 is 0 Å². The minimum atomic E-state index is -5.45. The molecule has 1 aliphatic carbocycles. The summed E-state index contributed by atoms with van der Waals surface area (Å²) in [6, 6.07) is 13.3. The predicted octanol–water partition coefficient (Wildman–Crippen LogP) is 10.2. The average molecular weight is 555 g/mol. The molecule has 0 aliphatic heterocycles. The Labute approximate surface area is 229 Å². The molecule has 218 valence electrons. The maximum absolute atomic E-state index is 13.0. The molecule has 2 nitrogen and oxygen atoms in total. The van der Waals surface area contributed by atoms with Crippen molar-refractivity contribution >= 4 is 0 Å². The summed E-state index contributed by atoms with van der Waals surface area (Å²) in [5, 5.41) is 19.8. The molecule has 0 aromatic heterocycles. The molecule has 2 aromatic carbocycles. The van der Waals surface area contributed by atoms with Crippen LogP contribution in [0, 0.1) is 5.92 Å². The van der Waals surface area contributed by atoms with Gasteiger partial charge in [0.1, 0.15) is 11.5 Å². The lowest BCUT2D eigenvalue weighted by atomic mass is 9.60. The molecular formula is C32H43F5O2. The number of phenolic OH excluding ortho intramolecular Hbond substituents is 2. The highest BCUT2D eigenvalue weighted by molar-refractivity contribution is 5.45. The first-order valence-corrected chi connectivity index (χ1v) is 14.4. The Balaban J connectivity index is 1.41. The van der Waals surface area contributed by atoms with Crippen LogP contribution in [-0.4, -0.2) is 22.3 Å². The summed E-state index contributed by atoms with van der Waals surface area (Å²) in [6.07, 6.45) is 3.88. The quantitative estimate of drug-likeness (QED) is 0.180. The van der Waals surface area contributed by atoms with E-state index in [1.807, 2.05) is 25.1 Å². The van der Waals surface area contributed by atoms with Gasteiger partial charge in [-0.15, -0.1) is 0 Å². The molecule has 39 heavy (non-hydrogen) atoms. The molecule has 3 atom stereocenters. The van der Waals surface area contributed by atoms with Gasteiger partial charge < -0.3 is 10.2 Å². The molecular weight excluding hydrogens is 511 g/mol. The Morgan fingerprint density at radius 1 is 0.821 bits per heavy atom. The average Bonchev–Trinajstić information content (AvgIpc) is 2.86. The van der Waals surface area contributed by atoms with E-state index < -0.39 is 18.5 Å². The molecule has 0 radical (unpaired) electrons. The predicted molar refractivity (Wildman–Crippen MR) is 146 cm³/mol. The summed E-state index contributed by atoms with van der Waals surface area (Å²) >= 11 is 0. The van der Waals surface area contributed by atoms with Gasteiger partial charge in [0, 0.05) is 6.42 Å². The van der Waals surface area contributed by atoms with Crippen LogP contribution in [-0.2, 0) is 11.8 Å². The van der Waals surface area contributed by atoms with E-state index in [-0.39, 0.29) is 23.5 Å². The Morgan fingerprint density at radius 2 is 1.41 bits per heavy atom. The minimum absolute atomic E-state index is 0.0577. The number of phenols is 2. The van der Waals surface area contributed by atoms with E-state index >= 15 is 0 Å². The van der Waals surface area contributed by atoms with Gasteiger partial charge in [0.2, 0.25) is 0 Å². The number of halogens is 5. The maximum atomic E-state index is 13.0. The normalized spacial score (nSPS) is 20.5. The molecule has 2 N–H and O–H groups in total. The van der Waals surface area contributed by atoms with Crippen molar-refractivity contribution in [3.63, 3.8) is 0 Å². The van der Waals surface area contributed by atoms with E-state index in [1.165, 1.54) is 16.7 Å². The highest BCUT2D eigenvalue weighted by atomic mass is 19.4. The Morgan fingerprint density at radius 3 is 2.08 bits per heavy atom. The standard InChI is InChI=1S/C32H43F5O2/c1-23(11-9-20-31(33,34)32(35,36)37)10-7-5-3-4-6-8-12-29-28-18-17-27(39)22-24(28)19-21-30(29,2)25-13-15-26(38)16-14-25/h13-18,22-23,29,38-39H,3-12,19-21H2,1-2H3. The summed E-state index contributed by atoms with van der Waals surface area (Å²) in [5.41, 5.74) is 3.68. The molecule has 7 heteroatoms. The summed E-state index contributed by atoms with van der Waals surface area (Å²) in [6.45, 7) is 4.24. The van der Waals surface area contributed by atoms with Crippen molar-refractivity contribution in [3.8, 4) is 11.5 Å². The van der Waals surface area contributed by atoms with Crippen molar-refractivity contribution in [1.82, 2.24) is 0 Å². The van der Waals surface area contributed by atoms with Crippen molar-refractivity contribution < 1.29 is 32.2 Å². The lowest BCUT2D eigenvalue weighted by molar-refractivity contribution is -0.284. The van der Waals surface area contributed by atoms with Gasteiger partial charge in [0.05, 0.1) is 0 Å². The van der Waals surface area contributed by atoms with Crippen molar-refractivity contribution in [2.75, 3.05) is 0 Å². The van der Waals surface area contributed by atoms with Gasteiger partial charge in [-0.1, -0.05) is 83.4 Å². The number of alkyl halides is 5. The molecule has 3 unspecified atom stereocenters. The van der Waals surface area contributed by atoms with Gasteiger partial charge in [-0.2, -0.15) is 22.0 Å². The number of benzene rings is 2. The van der Waals surface area contributed by atoms with Crippen LogP contribution in [0.1, 0.15) is 114 Å². The van der Waals surface area contributed by atoms with E-state index in [2.05, 4.69) is 13.0 Å². The zero-order chi connectivity index (χ0) is 28.7. The summed E-state index contributed by atoms with van der Waals surface area (Å²) in [7, 11) is 0. The third-order valence-corrected chi connectivity index (χ3v) is 8.75. The van der Waals surface area contributed by atoms with Gasteiger partial charge >= 0.3 is 12.1 Å². The lowest BCUT2D eigenvalue weighted by Gasteiger charge is -2.43. The first-order chi connectivity index (χ1) is 18.3. The molecule has 0 fully saturated rings.